The minimum absolute atomic E-state index is 0.710. The van der Waals surface area contributed by atoms with E-state index in [1.54, 1.807) is 7.11 Å². The van der Waals surface area contributed by atoms with Crippen LogP contribution in [0.5, 0.6) is 11.5 Å². The van der Waals surface area contributed by atoms with E-state index in [0.29, 0.717) is 6.61 Å². The summed E-state index contributed by atoms with van der Waals surface area (Å²) in [6.07, 6.45) is 2.02. The quantitative estimate of drug-likeness (QED) is 0.841. The number of fused-ring (bicyclic) bond motifs is 1. The van der Waals surface area contributed by atoms with Crippen LogP contribution in [-0.2, 0) is 17.8 Å². The molecule has 0 saturated carbocycles. The Morgan fingerprint density at radius 3 is 2.85 bits per heavy atom. The molecule has 140 valence electrons. The van der Waals surface area contributed by atoms with Gasteiger partial charge in [0.1, 0.15) is 11.5 Å². The van der Waals surface area contributed by atoms with Gasteiger partial charge in [0.15, 0.2) is 0 Å². The Balaban J connectivity index is 1.82. The Morgan fingerprint density at radius 1 is 1.12 bits per heavy atom. The minimum Gasteiger partial charge on any atom is -0.497 e. The summed E-state index contributed by atoms with van der Waals surface area (Å²) < 4.78 is 17.2. The number of benzene rings is 1. The summed E-state index contributed by atoms with van der Waals surface area (Å²) in [4.78, 5) is 7.00. The second kappa shape index (κ2) is 9.55. The summed E-state index contributed by atoms with van der Waals surface area (Å²) in [7, 11) is 1.69. The molecule has 1 aliphatic heterocycles. The summed E-state index contributed by atoms with van der Waals surface area (Å²) >= 11 is 0. The van der Waals surface area contributed by atoms with E-state index in [-0.39, 0.29) is 0 Å². The van der Waals surface area contributed by atoms with Crippen molar-refractivity contribution in [3.05, 3.63) is 53.3 Å². The summed E-state index contributed by atoms with van der Waals surface area (Å²) in [5.74, 6) is 1.79. The van der Waals surface area contributed by atoms with E-state index in [4.69, 9.17) is 14.2 Å². The molecule has 0 N–H and O–H groups in total. The summed E-state index contributed by atoms with van der Waals surface area (Å²) in [5, 5.41) is 0. The van der Waals surface area contributed by atoms with Crippen LogP contribution in [0.2, 0.25) is 0 Å². The molecule has 0 saturated heterocycles. The maximum Gasteiger partial charge on any atom is 0.124 e. The van der Waals surface area contributed by atoms with Crippen molar-refractivity contribution in [2.45, 2.75) is 32.9 Å². The normalized spacial score (nSPS) is 16.7. The first-order chi connectivity index (χ1) is 12.7. The maximum absolute atomic E-state index is 6.02. The predicted octanol–water partition coefficient (Wildman–Crippen LogP) is 3.59. The van der Waals surface area contributed by atoms with Gasteiger partial charge in [-0.3, -0.25) is 9.88 Å². The number of hydrogen-bond donors (Lipinski definition) is 0. The van der Waals surface area contributed by atoms with Gasteiger partial charge in [-0.05, 0) is 50.1 Å². The lowest BCUT2D eigenvalue weighted by Gasteiger charge is -2.24. The van der Waals surface area contributed by atoms with Crippen LogP contribution in [0.4, 0.5) is 0 Å². The Kier molecular flexibility index (Phi) is 6.86. The molecule has 0 aliphatic carbocycles. The van der Waals surface area contributed by atoms with E-state index in [0.717, 1.165) is 74.1 Å². The number of ether oxygens (including phenoxy) is 3. The van der Waals surface area contributed by atoms with Crippen LogP contribution in [0, 0.1) is 6.92 Å². The SMILES string of the molecule is COc1ccc2c(c1)CN(Cc1cccc(C)n1)CCOCCCCO2. The minimum atomic E-state index is 0.710. The predicted molar refractivity (Wildman–Crippen MR) is 102 cm³/mol. The molecule has 2 aromatic rings. The Hall–Kier alpha value is -2.11. The van der Waals surface area contributed by atoms with Gasteiger partial charge in [-0.1, -0.05) is 6.07 Å². The van der Waals surface area contributed by atoms with Crippen LogP contribution in [0.3, 0.4) is 0 Å². The first-order valence-corrected chi connectivity index (χ1v) is 9.27. The summed E-state index contributed by atoms with van der Waals surface area (Å²) in [5.41, 5.74) is 3.25. The molecule has 2 heterocycles. The van der Waals surface area contributed by atoms with E-state index in [1.807, 2.05) is 25.1 Å². The van der Waals surface area contributed by atoms with Gasteiger partial charge < -0.3 is 14.2 Å². The smallest absolute Gasteiger partial charge is 0.124 e. The standard InChI is InChI=1S/C21H28N2O3/c1-17-6-5-7-19(22-17)16-23-10-13-25-11-3-4-12-26-21-9-8-20(24-2)14-18(21)15-23/h5-9,14H,3-4,10-13,15-16H2,1-2H3. The molecular weight excluding hydrogens is 328 g/mol. The van der Waals surface area contributed by atoms with Gasteiger partial charge in [0.05, 0.1) is 26.0 Å². The summed E-state index contributed by atoms with van der Waals surface area (Å²) in [6, 6.07) is 12.2. The van der Waals surface area contributed by atoms with Gasteiger partial charge in [-0.25, -0.2) is 0 Å². The highest BCUT2D eigenvalue weighted by atomic mass is 16.5. The number of aromatic nitrogens is 1. The third kappa shape index (κ3) is 5.44. The Labute approximate surface area is 155 Å². The number of pyridine rings is 1. The van der Waals surface area contributed by atoms with Crippen molar-refractivity contribution in [1.29, 1.82) is 0 Å². The molecule has 3 rings (SSSR count). The largest absolute Gasteiger partial charge is 0.497 e. The number of aryl methyl sites for hydroxylation is 1. The van der Waals surface area contributed by atoms with Crippen LogP contribution < -0.4 is 9.47 Å². The van der Waals surface area contributed by atoms with Crippen molar-refractivity contribution < 1.29 is 14.2 Å². The van der Waals surface area contributed by atoms with Crippen LogP contribution in [-0.4, -0.2) is 43.4 Å². The van der Waals surface area contributed by atoms with Gasteiger partial charge in [-0.2, -0.15) is 0 Å². The van der Waals surface area contributed by atoms with Crippen LogP contribution in [0.25, 0.3) is 0 Å². The van der Waals surface area contributed by atoms with Gasteiger partial charge in [0.2, 0.25) is 0 Å². The van der Waals surface area contributed by atoms with E-state index >= 15 is 0 Å². The van der Waals surface area contributed by atoms with Crippen molar-refractivity contribution in [1.82, 2.24) is 9.88 Å². The molecule has 0 spiro atoms. The number of rotatable bonds is 3. The maximum atomic E-state index is 6.02. The zero-order chi connectivity index (χ0) is 18.2. The first-order valence-electron chi connectivity index (χ1n) is 9.27. The Morgan fingerprint density at radius 2 is 2.00 bits per heavy atom. The third-order valence-corrected chi connectivity index (χ3v) is 4.49. The molecule has 5 heteroatoms. The monoisotopic (exact) mass is 356 g/mol. The number of methoxy groups -OCH3 is 1. The van der Waals surface area contributed by atoms with Crippen molar-refractivity contribution in [3.63, 3.8) is 0 Å². The highest BCUT2D eigenvalue weighted by Crippen LogP contribution is 2.26. The zero-order valence-electron chi connectivity index (χ0n) is 15.7. The molecule has 5 nitrogen and oxygen atoms in total. The second-order valence-electron chi connectivity index (χ2n) is 6.62. The molecule has 1 aliphatic rings. The molecule has 26 heavy (non-hydrogen) atoms. The van der Waals surface area contributed by atoms with Crippen molar-refractivity contribution >= 4 is 0 Å². The third-order valence-electron chi connectivity index (χ3n) is 4.49. The fourth-order valence-corrected chi connectivity index (χ4v) is 3.10. The van der Waals surface area contributed by atoms with E-state index in [2.05, 4.69) is 28.1 Å². The first kappa shape index (κ1) is 18.7. The van der Waals surface area contributed by atoms with Crippen molar-refractivity contribution in [3.8, 4) is 11.5 Å². The molecule has 0 radical (unpaired) electrons. The van der Waals surface area contributed by atoms with Crippen LogP contribution in [0.15, 0.2) is 36.4 Å². The molecule has 0 atom stereocenters. The molecule has 0 bridgehead atoms. The summed E-state index contributed by atoms with van der Waals surface area (Å²) in [6.45, 7) is 6.65. The van der Waals surface area contributed by atoms with Gasteiger partial charge in [0.25, 0.3) is 0 Å². The molecule has 0 fully saturated rings. The van der Waals surface area contributed by atoms with Crippen LogP contribution in [0.1, 0.15) is 29.8 Å². The van der Waals surface area contributed by atoms with Crippen molar-refractivity contribution in [2.24, 2.45) is 0 Å². The lowest BCUT2D eigenvalue weighted by atomic mass is 10.1. The molecular formula is C21H28N2O3. The fourth-order valence-electron chi connectivity index (χ4n) is 3.10. The highest BCUT2D eigenvalue weighted by molar-refractivity contribution is 5.40. The molecule has 1 aromatic carbocycles. The molecule has 0 amide bonds. The number of hydrogen-bond acceptors (Lipinski definition) is 5. The van der Waals surface area contributed by atoms with Gasteiger partial charge in [-0.15, -0.1) is 0 Å². The average molecular weight is 356 g/mol. The zero-order valence-corrected chi connectivity index (χ0v) is 15.7. The molecule has 0 unspecified atom stereocenters. The van der Waals surface area contributed by atoms with E-state index < -0.39 is 0 Å². The second-order valence-corrected chi connectivity index (χ2v) is 6.62. The van der Waals surface area contributed by atoms with E-state index in [1.165, 1.54) is 0 Å². The average Bonchev–Trinajstić information content (AvgIpc) is 2.63. The Bertz CT molecular complexity index is 705. The lowest BCUT2D eigenvalue weighted by Crippen LogP contribution is -2.28. The topological polar surface area (TPSA) is 43.8 Å². The molecule has 1 aromatic heterocycles. The van der Waals surface area contributed by atoms with Crippen molar-refractivity contribution in [2.75, 3.05) is 33.5 Å². The van der Waals surface area contributed by atoms with Gasteiger partial charge in [0, 0.05) is 37.5 Å². The van der Waals surface area contributed by atoms with Gasteiger partial charge >= 0.3 is 0 Å². The number of nitrogens with zero attached hydrogens (tertiary/aromatic N) is 2. The highest BCUT2D eigenvalue weighted by Gasteiger charge is 2.14. The van der Waals surface area contributed by atoms with Crippen LogP contribution >= 0.6 is 0 Å². The fraction of sp³-hybridized carbons (Fsp3) is 0.476. The van der Waals surface area contributed by atoms with E-state index in [9.17, 15) is 0 Å². The lowest BCUT2D eigenvalue weighted by molar-refractivity contribution is 0.0904.